The quantitative estimate of drug-likeness (QED) is 0.853. The second-order valence-corrected chi connectivity index (χ2v) is 6.02. The Hall–Kier alpha value is -1.50. The summed E-state index contributed by atoms with van der Waals surface area (Å²) >= 11 is 0. The number of hydrogen-bond donors (Lipinski definition) is 1. The molecule has 1 aliphatic rings. The summed E-state index contributed by atoms with van der Waals surface area (Å²) in [6, 6.07) is 7.68. The largest absolute Gasteiger partial charge is 0.492 e. The van der Waals surface area contributed by atoms with Gasteiger partial charge in [0.15, 0.2) is 0 Å². The number of rotatable bonds is 4. The monoisotopic (exact) mass is 273 g/mol. The third kappa shape index (κ3) is 4.56. The molecule has 20 heavy (non-hydrogen) atoms. The normalized spacial score (nSPS) is 17.6. The third-order valence-corrected chi connectivity index (χ3v) is 3.60. The van der Waals surface area contributed by atoms with Crippen LogP contribution in [0.2, 0.25) is 0 Å². The van der Waals surface area contributed by atoms with Crippen molar-refractivity contribution in [2.45, 2.75) is 20.3 Å². The minimum Gasteiger partial charge on any atom is -0.492 e. The van der Waals surface area contributed by atoms with Crippen molar-refractivity contribution in [1.29, 1.82) is 0 Å². The Bertz CT molecular complexity index is 482. The van der Waals surface area contributed by atoms with E-state index in [0.29, 0.717) is 5.41 Å². The van der Waals surface area contributed by atoms with Crippen molar-refractivity contribution in [3.8, 4) is 17.6 Å². The van der Waals surface area contributed by atoms with Crippen molar-refractivity contribution in [3.05, 3.63) is 29.8 Å². The van der Waals surface area contributed by atoms with Gasteiger partial charge in [-0.25, -0.2) is 0 Å². The maximum absolute atomic E-state index is 8.64. The van der Waals surface area contributed by atoms with Crippen LogP contribution in [0.15, 0.2) is 24.3 Å². The average molecular weight is 273 g/mol. The molecule has 0 aliphatic carbocycles. The van der Waals surface area contributed by atoms with Crippen molar-refractivity contribution in [3.63, 3.8) is 0 Å². The fourth-order valence-corrected chi connectivity index (χ4v) is 2.48. The fourth-order valence-electron chi connectivity index (χ4n) is 2.48. The average Bonchev–Trinajstić information content (AvgIpc) is 2.77. The molecule has 0 atom stereocenters. The summed E-state index contributed by atoms with van der Waals surface area (Å²) < 4.78 is 5.76. The molecule has 0 aromatic heterocycles. The molecule has 2 rings (SSSR count). The van der Waals surface area contributed by atoms with E-state index >= 15 is 0 Å². The van der Waals surface area contributed by atoms with Gasteiger partial charge < -0.3 is 9.84 Å². The van der Waals surface area contributed by atoms with Crippen LogP contribution >= 0.6 is 0 Å². The van der Waals surface area contributed by atoms with Crippen LogP contribution in [-0.2, 0) is 0 Å². The van der Waals surface area contributed by atoms with Crippen molar-refractivity contribution in [2.24, 2.45) is 5.41 Å². The van der Waals surface area contributed by atoms with E-state index in [1.165, 1.54) is 13.0 Å². The molecule has 0 spiro atoms. The first kappa shape index (κ1) is 14.9. The Morgan fingerprint density at radius 2 is 2.05 bits per heavy atom. The highest BCUT2D eigenvalue weighted by molar-refractivity contribution is 5.38. The van der Waals surface area contributed by atoms with Crippen molar-refractivity contribution in [2.75, 3.05) is 32.8 Å². The van der Waals surface area contributed by atoms with Gasteiger partial charge in [-0.1, -0.05) is 25.7 Å². The first-order valence-corrected chi connectivity index (χ1v) is 7.14. The van der Waals surface area contributed by atoms with Gasteiger partial charge in [-0.3, -0.25) is 4.90 Å². The summed E-state index contributed by atoms with van der Waals surface area (Å²) in [5.41, 5.74) is 1.35. The van der Waals surface area contributed by atoms with E-state index in [9.17, 15) is 0 Å². The van der Waals surface area contributed by atoms with E-state index in [2.05, 4.69) is 30.6 Å². The van der Waals surface area contributed by atoms with Gasteiger partial charge in [-0.2, -0.15) is 0 Å². The summed E-state index contributed by atoms with van der Waals surface area (Å²) in [6.07, 6.45) is 1.27. The van der Waals surface area contributed by atoms with E-state index in [1.807, 2.05) is 24.3 Å². The van der Waals surface area contributed by atoms with Crippen LogP contribution in [0.25, 0.3) is 0 Å². The van der Waals surface area contributed by atoms with Crippen LogP contribution in [-0.4, -0.2) is 42.9 Å². The number of hydrogen-bond acceptors (Lipinski definition) is 3. The molecule has 0 unspecified atom stereocenters. The molecule has 1 fully saturated rings. The lowest BCUT2D eigenvalue weighted by atomic mass is 9.93. The standard InChI is InChI=1S/C17H23NO2/c1-17(2)9-10-18(14-17)11-13-20-16-7-5-15(6-8-16)4-3-12-19/h5-8,19H,9-14H2,1-2H3. The predicted molar refractivity (Wildman–Crippen MR) is 80.7 cm³/mol. The Labute approximate surface area is 121 Å². The van der Waals surface area contributed by atoms with Crippen LogP contribution < -0.4 is 4.74 Å². The molecule has 1 aromatic rings. The second-order valence-electron chi connectivity index (χ2n) is 6.02. The number of likely N-dealkylation sites (tertiary alicyclic amines) is 1. The Morgan fingerprint density at radius 3 is 2.65 bits per heavy atom. The zero-order valence-electron chi connectivity index (χ0n) is 12.4. The minimum atomic E-state index is -0.107. The molecule has 3 heteroatoms. The molecule has 3 nitrogen and oxygen atoms in total. The number of aliphatic hydroxyl groups is 1. The smallest absolute Gasteiger partial charge is 0.119 e. The van der Waals surface area contributed by atoms with Crippen molar-refractivity contribution >= 4 is 0 Å². The van der Waals surface area contributed by atoms with Crippen LogP contribution in [0.4, 0.5) is 0 Å². The first-order valence-electron chi connectivity index (χ1n) is 7.14. The van der Waals surface area contributed by atoms with Crippen LogP contribution in [0.1, 0.15) is 25.8 Å². The molecule has 0 saturated carbocycles. The molecule has 0 bridgehead atoms. The molecule has 1 aromatic carbocycles. The minimum absolute atomic E-state index is 0.107. The van der Waals surface area contributed by atoms with Crippen LogP contribution in [0.3, 0.4) is 0 Å². The van der Waals surface area contributed by atoms with Crippen LogP contribution in [0, 0.1) is 17.3 Å². The van der Waals surface area contributed by atoms with Gasteiger partial charge in [0.25, 0.3) is 0 Å². The summed E-state index contributed by atoms with van der Waals surface area (Å²) in [5.74, 6) is 6.37. The van der Waals surface area contributed by atoms with E-state index in [4.69, 9.17) is 9.84 Å². The first-order chi connectivity index (χ1) is 9.59. The SMILES string of the molecule is CC1(C)CCN(CCOc2ccc(C#CCO)cc2)C1. The Kier molecular flexibility index (Phi) is 5.05. The predicted octanol–water partition coefficient (Wildman–Crippen LogP) is 2.14. The maximum atomic E-state index is 8.64. The summed E-state index contributed by atoms with van der Waals surface area (Å²) in [4.78, 5) is 2.46. The lowest BCUT2D eigenvalue weighted by molar-refractivity contribution is 0.222. The van der Waals surface area contributed by atoms with E-state index in [-0.39, 0.29) is 6.61 Å². The maximum Gasteiger partial charge on any atom is 0.119 e. The fraction of sp³-hybridized carbons (Fsp3) is 0.529. The molecule has 1 N–H and O–H groups in total. The highest BCUT2D eigenvalue weighted by Gasteiger charge is 2.28. The lowest BCUT2D eigenvalue weighted by Gasteiger charge is -2.19. The van der Waals surface area contributed by atoms with Gasteiger partial charge in [0.05, 0.1) is 0 Å². The molecule has 108 valence electrons. The summed E-state index contributed by atoms with van der Waals surface area (Å²) in [5, 5.41) is 8.64. The van der Waals surface area contributed by atoms with Gasteiger partial charge >= 0.3 is 0 Å². The number of ether oxygens (including phenoxy) is 1. The molecule has 1 heterocycles. The Morgan fingerprint density at radius 1 is 1.30 bits per heavy atom. The van der Waals surface area contributed by atoms with Crippen molar-refractivity contribution < 1.29 is 9.84 Å². The number of aliphatic hydroxyl groups excluding tert-OH is 1. The van der Waals surface area contributed by atoms with Crippen molar-refractivity contribution in [1.82, 2.24) is 4.90 Å². The van der Waals surface area contributed by atoms with Gasteiger partial charge in [-0.05, 0) is 42.6 Å². The van der Waals surface area contributed by atoms with E-state index < -0.39 is 0 Å². The second kappa shape index (κ2) is 6.78. The third-order valence-electron chi connectivity index (χ3n) is 3.60. The lowest BCUT2D eigenvalue weighted by Crippen LogP contribution is -2.27. The van der Waals surface area contributed by atoms with Crippen LogP contribution in [0.5, 0.6) is 5.75 Å². The zero-order valence-corrected chi connectivity index (χ0v) is 12.4. The molecule has 1 aliphatic heterocycles. The van der Waals surface area contributed by atoms with Gasteiger partial charge in [0, 0.05) is 18.7 Å². The molecule has 1 saturated heterocycles. The zero-order chi connectivity index (χ0) is 14.4. The highest BCUT2D eigenvalue weighted by Crippen LogP contribution is 2.28. The Balaban J connectivity index is 1.74. The summed E-state index contributed by atoms with van der Waals surface area (Å²) in [6.45, 7) is 8.57. The molecular weight excluding hydrogens is 250 g/mol. The summed E-state index contributed by atoms with van der Waals surface area (Å²) in [7, 11) is 0. The molecule has 0 radical (unpaired) electrons. The molecular formula is C17H23NO2. The van der Waals surface area contributed by atoms with E-state index in [0.717, 1.165) is 31.0 Å². The highest BCUT2D eigenvalue weighted by atomic mass is 16.5. The topological polar surface area (TPSA) is 32.7 Å². The van der Waals surface area contributed by atoms with Gasteiger partial charge in [0.1, 0.15) is 19.0 Å². The number of nitrogens with zero attached hydrogens (tertiary/aromatic N) is 1. The number of benzene rings is 1. The molecule has 0 amide bonds. The van der Waals surface area contributed by atoms with Gasteiger partial charge in [0.2, 0.25) is 0 Å². The van der Waals surface area contributed by atoms with E-state index in [1.54, 1.807) is 0 Å². The van der Waals surface area contributed by atoms with Gasteiger partial charge in [-0.15, -0.1) is 0 Å².